The molecule has 2 amide bonds. The Morgan fingerprint density at radius 3 is 2.64 bits per heavy atom. The highest BCUT2D eigenvalue weighted by molar-refractivity contribution is 6.05. The number of pyridine rings is 1. The van der Waals surface area contributed by atoms with Gasteiger partial charge >= 0.3 is 6.09 Å². The number of anilines is 3. The van der Waals surface area contributed by atoms with Crippen LogP contribution in [0.4, 0.5) is 26.4 Å². The number of halogens is 1. The molecule has 0 spiro atoms. The summed E-state index contributed by atoms with van der Waals surface area (Å²) in [5.74, 6) is -1.06. The van der Waals surface area contributed by atoms with Crippen LogP contribution in [0.3, 0.4) is 0 Å². The fourth-order valence-corrected chi connectivity index (χ4v) is 5.47. The number of rotatable bonds is 9. The standard InChI is InChI=1S/C35H37FN8O6/c1-20-12-26(30(48-6)17-28(20)49-22-9-11-44-31(14-22)38-19-40-44)41-32-23-15-27(29(47-5)16-25(23)37-18-39-32)42-33(45)24(36)13-21-8-7-10-43(21)34(46)50-35(2,3)4/h9,11-19,21H,7-8,10H2,1-6H3,(H,42,45)(H,37,39,41)/i6D3. The van der Waals surface area contributed by atoms with Gasteiger partial charge < -0.3 is 34.5 Å². The van der Waals surface area contributed by atoms with Crippen molar-refractivity contribution in [3.8, 4) is 23.0 Å². The Labute approximate surface area is 291 Å². The molecule has 50 heavy (non-hydrogen) atoms. The van der Waals surface area contributed by atoms with E-state index in [1.165, 1.54) is 42.9 Å². The number of methoxy groups -OCH3 is 2. The van der Waals surface area contributed by atoms with E-state index in [1.807, 2.05) is 0 Å². The Kier molecular flexibility index (Phi) is 8.34. The normalized spacial score (nSPS) is 16.0. The Morgan fingerprint density at radius 1 is 1.04 bits per heavy atom. The number of nitrogens with one attached hydrogen (secondary N) is 2. The highest BCUT2D eigenvalue weighted by Gasteiger charge is 2.32. The number of amides is 2. The summed E-state index contributed by atoms with van der Waals surface area (Å²) in [5.41, 5.74) is 1.17. The Hall–Kier alpha value is -5.99. The van der Waals surface area contributed by atoms with Crippen LogP contribution in [0.1, 0.15) is 43.3 Å². The van der Waals surface area contributed by atoms with Crippen LogP contribution in [-0.4, -0.2) is 73.8 Å². The monoisotopic (exact) mass is 687 g/mol. The average molecular weight is 688 g/mol. The van der Waals surface area contributed by atoms with Crippen molar-refractivity contribution in [1.29, 1.82) is 0 Å². The third-order valence-corrected chi connectivity index (χ3v) is 7.81. The summed E-state index contributed by atoms with van der Waals surface area (Å²) in [5, 5.41) is 10.1. The minimum absolute atomic E-state index is 0.0671. The fraction of sp³-hybridized carbons (Fsp3) is 0.314. The van der Waals surface area contributed by atoms with Gasteiger partial charge in [-0.05, 0) is 70.4 Å². The number of nitrogens with zero attached hydrogens (tertiary/aromatic N) is 6. The lowest BCUT2D eigenvalue weighted by molar-refractivity contribution is -0.114. The highest BCUT2D eigenvalue weighted by atomic mass is 19.1. The molecule has 15 heteroatoms. The van der Waals surface area contributed by atoms with Gasteiger partial charge in [0.05, 0.1) is 41.2 Å². The zero-order valence-corrected chi connectivity index (χ0v) is 28.0. The van der Waals surface area contributed by atoms with Gasteiger partial charge in [0.2, 0.25) is 0 Å². The summed E-state index contributed by atoms with van der Waals surface area (Å²) in [4.78, 5) is 40.0. The Morgan fingerprint density at radius 2 is 1.86 bits per heavy atom. The average Bonchev–Trinajstić information content (AvgIpc) is 3.75. The van der Waals surface area contributed by atoms with Crippen molar-refractivity contribution < 1.29 is 37.0 Å². The largest absolute Gasteiger partial charge is 0.494 e. The van der Waals surface area contributed by atoms with Gasteiger partial charge in [0.15, 0.2) is 11.5 Å². The summed E-state index contributed by atoms with van der Waals surface area (Å²) in [6, 6.07) is 8.81. The molecule has 1 aliphatic heterocycles. The Balaban J connectivity index is 1.28. The first-order valence-electron chi connectivity index (χ1n) is 17.2. The molecule has 0 aliphatic carbocycles. The lowest BCUT2D eigenvalue weighted by atomic mass is 10.1. The molecule has 2 N–H and O–H groups in total. The molecule has 1 atom stereocenters. The van der Waals surface area contributed by atoms with Crippen LogP contribution in [0.5, 0.6) is 23.0 Å². The maximum atomic E-state index is 15.4. The molecule has 260 valence electrons. The first kappa shape index (κ1) is 30.1. The van der Waals surface area contributed by atoms with Gasteiger partial charge in [-0.2, -0.15) is 5.10 Å². The van der Waals surface area contributed by atoms with E-state index >= 15 is 4.39 Å². The molecule has 6 rings (SSSR count). The summed E-state index contributed by atoms with van der Waals surface area (Å²) < 4.78 is 62.7. The minimum atomic E-state index is -2.82. The van der Waals surface area contributed by atoms with E-state index in [4.69, 9.17) is 23.1 Å². The van der Waals surface area contributed by atoms with E-state index in [9.17, 15) is 9.59 Å². The van der Waals surface area contributed by atoms with Crippen LogP contribution in [0.25, 0.3) is 16.6 Å². The predicted octanol–water partition coefficient (Wildman–Crippen LogP) is 6.73. The van der Waals surface area contributed by atoms with E-state index in [-0.39, 0.29) is 28.7 Å². The molecule has 2 aromatic carbocycles. The maximum Gasteiger partial charge on any atom is 0.410 e. The van der Waals surface area contributed by atoms with Gasteiger partial charge in [0.1, 0.15) is 47.1 Å². The second-order valence-electron chi connectivity index (χ2n) is 12.5. The summed E-state index contributed by atoms with van der Waals surface area (Å²) in [6.45, 7) is 7.36. The molecule has 0 saturated carbocycles. The van der Waals surface area contributed by atoms with Crippen LogP contribution >= 0.6 is 0 Å². The minimum Gasteiger partial charge on any atom is -0.494 e. The fourth-order valence-electron chi connectivity index (χ4n) is 5.47. The van der Waals surface area contributed by atoms with Crippen molar-refractivity contribution in [2.75, 3.05) is 31.3 Å². The first-order valence-corrected chi connectivity index (χ1v) is 15.7. The lowest BCUT2D eigenvalue weighted by Gasteiger charge is -2.27. The molecule has 1 saturated heterocycles. The third kappa shape index (κ3) is 7.36. The van der Waals surface area contributed by atoms with Crippen molar-refractivity contribution in [3.63, 3.8) is 0 Å². The van der Waals surface area contributed by atoms with E-state index in [2.05, 4.69) is 30.7 Å². The summed E-state index contributed by atoms with van der Waals surface area (Å²) in [7, 11) is -1.43. The number of benzene rings is 2. The van der Waals surface area contributed by atoms with Gasteiger partial charge in [-0.25, -0.2) is 28.7 Å². The number of aromatic nitrogens is 5. The number of carbonyl (C=O) groups excluding carboxylic acids is 2. The second-order valence-corrected chi connectivity index (χ2v) is 12.5. The molecule has 14 nitrogen and oxygen atoms in total. The van der Waals surface area contributed by atoms with E-state index in [0.717, 1.165) is 6.08 Å². The second kappa shape index (κ2) is 13.9. The van der Waals surface area contributed by atoms with Crippen molar-refractivity contribution >= 4 is 45.7 Å². The van der Waals surface area contributed by atoms with Crippen LogP contribution < -0.4 is 24.8 Å². The number of likely N-dealkylation sites (tertiary alicyclic amines) is 1. The predicted molar refractivity (Wildman–Crippen MR) is 184 cm³/mol. The zero-order chi connectivity index (χ0) is 38.1. The van der Waals surface area contributed by atoms with Crippen molar-refractivity contribution in [2.45, 2.75) is 52.2 Å². The molecule has 1 fully saturated rings. The molecule has 3 aromatic heterocycles. The molecule has 1 unspecified atom stereocenters. The molecule has 0 radical (unpaired) electrons. The van der Waals surface area contributed by atoms with Crippen LogP contribution in [0.15, 0.2) is 67.2 Å². The SMILES string of the molecule is [2H]C([2H])([2H])Oc1cc(Oc2ccn3ncnc3c2)c(C)cc1Nc1ncnc2cc(OC)c(NC(=O)C(F)=CC3CCCN3C(=O)OC(C)(C)C)cc12. The molecular weight excluding hydrogens is 647 g/mol. The summed E-state index contributed by atoms with van der Waals surface area (Å²) >= 11 is 0. The van der Waals surface area contributed by atoms with Crippen molar-refractivity contribution in [2.24, 2.45) is 0 Å². The van der Waals surface area contributed by atoms with Gasteiger partial charge in [-0.1, -0.05) is 0 Å². The highest BCUT2D eigenvalue weighted by Crippen LogP contribution is 2.39. The van der Waals surface area contributed by atoms with Crippen LogP contribution in [-0.2, 0) is 9.53 Å². The quantitative estimate of drug-likeness (QED) is 0.159. The summed E-state index contributed by atoms with van der Waals surface area (Å²) in [6.07, 6.45) is 5.98. The van der Waals surface area contributed by atoms with E-state index < -0.39 is 36.5 Å². The number of fused-ring (bicyclic) bond motifs is 2. The maximum absolute atomic E-state index is 15.4. The topological polar surface area (TPSA) is 154 Å². The van der Waals surface area contributed by atoms with Crippen LogP contribution in [0, 0.1) is 6.92 Å². The first-order chi connectivity index (χ1) is 25.1. The number of hydrogen-bond acceptors (Lipinski definition) is 11. The molecule has 5 aromatic rings. The van der Waals surface area contributed by atoms with Gasteiger partial charge in [-0.3, -0.25) is 4.79 Å². The van der Waals surface area contributed by atoms with Crippen molar-refractivity contribution in [3.05, 3.63) is 72.7 Å². The zero-order valence-electron chi connectivity index (χ0n) is 31.0. The van der Waals surface area contributed by atoms with Crippen LogP contribution in [0.2, 0.25) is 0 Å². The lowest BCUT2D eigenvalue weighted by Crippen LogP contribution is -2.39. The van der Waals surface area contributed by atoms with Gasteiger partial charge in [-0.15, -0.1) is 0 Å². The molecule has 0 bridgehead atoms. The number of aryl methyl sites for hydroxylation is 1. The van der Waals surface area contributed by atoms with E-state index in [0.29, 0.717) is 53.0 Å². The number of carbonyl (C=O) groups is 2. The molecule has 1 aliphatic rings. The Bertz CT molecular complexity index is 2220. The van der Waals surface area contributed by atoms with Gasteiger partial charge in [0, 0.05) is 36.3 Å². The molecular formula is C35H37FN8O6. The smallest absolute Gasteiger partial charge is 0.410 e. The number of ether oxygens (including phenoxy) is 4. The number of hydrogen-bond donors (Lipinski definition) is 2. The molecule has 4 heterocycles. The van der Waals surface area contributed by atoms with Gasteiger partial charge in [0.25, 0.3) is 5.91 Å². The van der Waals surface area contributed by atoms with E-state index in [1.54, 1.807) is 56.6 Å². The van der Waals surface area contributed by atoms with Crippen molar-refractivity contribution in [1.82, 2.24) is 29.5 Å². The third-order valence-electron chi connectivity index (χ3n) is 7.81.